The molecule has 0 spiro atoms. The molecular formula is C21H22N2O4. The molecule has 0 fully saturated rings. The maximum Gasteiger partial charge on any atom is 0.251 e. The molecule has 6 nitrogen and oxygen atoms in total. The summed E-state index contributed by atoms with van der Waals surface area (Å²) in [5.74, 6) is 1.14. The van der Waals surface area contributed by atoms with Crippen molar-refractivity contribution in [3.63, 3.8) is 0 Å². The number of aromatic nitrogens is 1. The maximum atomic E-state index is 12.3. The standard InChI is InChI=1S/C21H22N2O4/c1-3-27-19-7-5-4-6-17(19)22-20(24)11-9-15-12-14-8-10-16(26-2)13-18(14)23-21(15)25/h4-8,10,12-13H,3,9,11H2,1-2H3,(H,22,24)(H,23,25). The number of anilines is 1. The van der Waals surface area contributed by atoms with Crippen molar-refractivity contribution in [2.45, 2.75) is 19.8 Å². The summed E-state index contributed by atoms with van der Waals surface area (Å²) in [4.78, 5) is 27.4. The highest BCUT2D eigenvalue weighted by molar-refractivity contribution is 5.92. The lowest BCUT2D eigenvalue weighted by atomic mass is 10.1. The van der Waals surface area contributed by atoms with Gasteiger partial charge in [0.15, 0.2) is 0 Å². The SMILES string of the molecule is CCOc1ccccc1NC(=O)CCc1cc2ccc(OC)cc2[nH]c1=O. The number of hydrogen-bond acceptors (Lipinski definition) is 4. The van der Waals surface area contributed by atoms with Crippen LogP contribution >= 0.6 is 0 Å². The van der Waals surface area contributed by atoms with Crippen LogP contribution in [0.4, 0.5) is 5.69 Å². The highest BCUT2D eigenvalue weighted by Crippen LogP contribution is 2.24. The Bertz CT molecular complexity index is 1010. The second kappa shape index (κ2) is 8.40. The molecular weight excluding hydrogens is 344 g/mol. The van der Waals surface area contributed by atoms with Gasteiger partial charge in [-0.1, -0.05) is 12.1 Å². The van der Waals surface area contributed by atoms with Crippen LogP contribution in [0, 0.1) is 0 Å². The van der Waals surface area contributed by atoms with Crippen molar-refractivity contribution in [2.24, 2.45) is 0 Å². The third-order valence-corrected chi connectivity index (χ3v) is 4.21. The number of ether oxygens (including phenoxy) is 2. The van der Waals surface area contributed by atoms with Gasteiger partial charge >= 0.3 is 0 Å². The first-order valence-electron chi connectivity index (χ1n) is 8.82. The predicted octanol–water partition coefficient (Wildman–Crippen LogP) is 3.51. The summed E-state index contributed by atoms with van der Waals surface area (Å²) in [6.45, 7) is 2.41. The molecule has 0 aliphatic heterocycles. The van der Waals surface area contributed by atoms with Crippen LogP contribution in [0.3, 0.4) is 0 Å². The Morgan fingerprint density at radius 1 is 1.15 bits per heavy atom. The second-order valence-electron chi connectivity index (χ2n) is 6.05. The van der Waals surface area contributed by atoms with Gasteiger partial charge < -0.3 is 19.8 Å². The lowest BCUT2D eigenvalue weighted by Crippen LogP contribution is -2.17. The molecule has 0 bridgehead atoms. The van der Waals surface area contributed by atoms with Gasteiger partial charge in [0.1, 0.15) is 11.5 Å². The van der Waals surface area contributed by atoms with Gasteiger partial charge in [0.2, 0.25) is 5.91 Å². The third-order valence-electron chi connectivity index (χ3n) is 4.21. The lowest BCUT2D eigenvalue weighted by Gasteiger charge is -2.11. The Hall–Kier alpha value is -3.28. The van der Waals surface area contributed by atoms with E-state index in [1.54, 1.807) is 25.3 Å². The number of aryl methyl sites for hydroxylation is 1. The summed E-state index contributed by atoms with van der Waals surface area (Å²) in [6.07, 6.45) is 0.547. The van der Waals surface area contributed by atoms with Crippen LogP contribution in [0.5, 0.6) is 11.5 Å². The minimum absolute atomic E-state index is 0.170. The number of amides is 1. The Balaban J connectivity index is 1.70. The maximum absolute atomic E-state index is 12.3. The van der Waals surface area contributed by atoms with Gasteiger partial charge in [-0.15, -0.1) is 0 Å². The van der Waals surface area contributed by atoms with Crippen LogP contribution in [-0.2, 0) is 11.2 Å². The summed E-state index contributed by atoms with van der Waals surface area (Å²) in [5.41, 5.74) is 1.71. The zero-order valence-corrected chi connectivity index (χ0v) is 15.4. The second-order valence-corrected chi connectivity index (χ2v) is 6.05. The molecule has 3 rings (SSSR count). The fourth-order valence-corrected chi connectivity index (χ4v) is 2.85. The zero-order valence-electron chi connectivity index (χ0n) is 15.4. The average molecular weight is 366 g/mol. The van der Waals surface area contributed by atoms with Crippen LogP contribution in [0.1, 0.15) is 18.9 Å². The van der Waals surface area contributed by atoms with Crippen molar-refractivity contribution in [1.29, 1.82) is 0 Å². The van der Waals surface area contributed by atoms with Crippen molar-refractivity contribution in [3.8, 4) is 11.5 Å². The zero-order chi connectivity index (χ0) is 19.2. The molecule has 6 heteroatoms. The van der Waals surface area contributed by atoms with E-state index in [1.807, 2.05) is 37.3 Å². The van der Waals surface area contributed by atoms with Crippen molar-refractivity contribution in [1.82, 2.24) is 4.98 Å². The third kappa shape index (κ3) is 4.47. The van der Waals surface area contributed by atoms with Crippen molar-refractivity contribution in [3.05, 3.63) is 64.4 Å². The molecule has 2 N–H and O–H groups in total. The summed E-state index contributed by atoms with van der Waals surface area (Å²) in [6, 6.07) is 14.6. The number of rotatable bonds is 7. The monoisotopic (exact) mass is 366 g/mol. The number of H-pyrrole nitrogens is 1. The molecule has 140 valence electrons. The summed E-state index contributed by atoms with van der Waals surface area (Å²) in [7, 11) is 1.58. The van der Waals surface area contributed by atoms with Gasteiger partial charge in [-0.25, -0.2) is 0 Å². The van der Waals surface area contributed by atoms with Crippen molar-refractivity contribution in [2.75, 3.05) is 19.0 Å². The minimum Gasteiger partial charge on any atom is -0.497 e. The van der Waals surface area contributed by atoms with E-state index in [0.717, 1.165) is 5.39 Å². The molecule has 2 aromatic carbocycles. The van der Waals surface area contributed by atoms with Crippen molar-refractivity contribution < 1.29 is 14.3 Å². The van der Waals surface area contributed by atoms with Crippen LogP contribution in [0.25, 0.3) is 10.9 Å². The highest BCUT2D eigenvalue weighted by atomic mass is 16.5. The summed E-state index contributed by atoms with van der Waals surface area (Å²) in [5, 5.41) is 3.74. The highest BCUT2D eigenvalue weighted by Gasteiger charge is 2.10. The molecule has 0 aliphatic rings. The van der Waals surface area contributed by atoms with E-state index >= 15 is 0 Å². The van der Waals surface area contributed by atoms with Gasteiger partial charge in [-0.05, 0) is 49.1 Å². The Morgan fingerprint density at radius 2 is 1.96 bits per heavy atom. The topological polar surface area (TPSA) is 80.4 Å². The number of benzene rings is 2. The molecule has 3 aromatic rings. The molecule has 1 amide bonds. The molecule has 0 saturated heterocycles. The normalized spacial score (nSPS) is 10.6. The molecule has 0 aliphatic carbocycles. The van der Waals surface area contributed by atoms with Crippen LogP contribution < -0.4 is 20.3 Å². The molecule has 1 aromatic heterocycles. The van der Waals surface area contributed by atoms with Crippen LogP contribution in [0.15, 0.2) is 53.3 Å². The Labute approximate surface area is 157 Å². The number of para-hydroxylation sites is 2. The summed E-state index contributed by atoms with van der Waals surface area (Å²) < 4.78 is 10.7. The first kappa shape index (κ1) is 18.5. The number of pyridine rings is 1. The summed E-state index contributed by atoms with van der Waals surface area (Å²) >= 11 is 0. The van der Waals surface area contributed by atoms with E-state index < -0.39 is 0 Å². The number of hydrogen-bond donors (Lipinski definition) is 2. The van der Waals surface area contributed by atoms with E-state index in [-0.39, 0.29) is 17.9 Å². The van der Waals surface area contributed by atoms with Gasteiger partial charge in [-0.2, -0.15) is 0 Å². The first-order valence-corrected chi connectivity index (χ1v) is 8.82. The minimum atomic E-state index is -0.196. The van der Waals surface area contributed by atoms with Crippen LogP contribution in [0.2, 0.25) is 0 Å². The smallest absolute Gasteiger partial charge is 0.251 e. The quantitative estimate of drug-likeness (QED) is 0.671. The molecule has 0 radical (unpaired) electrons. The van der Waals surface area contributed by atoms with E-state index in [0.29, 0.717) is 41.3 Å². The van der Waals surface area contributed by atoms with E-state index in [4.69, 9.17) is 9.47 Å². The predicted molar refractivity (Wildman–Crippen MR) is 106 cm³/mol. The number of fused-ring (bicyclic) bond motifs is 1. The van der Waals surface area contributed by atoms with E-state index in [9.17, 15) is 9.59 Å². The van der Waals surface area contributed by atoms with Gasteiger partial charge in [-0.3, -0.25) is 9.59 Å². The molecule has 0 saturated carbocycles. The van der Waals surface area contributed by atoms with Gasteiger partial charge in [0.05, 0.1) is 24.9 Å². The molecule has 27 heavy (non-hydrogen) atoms. The number of nitrogens with one attached hydrogen (secondary N) is 2. The number of carbonyl (C=O) groups is 1. The van der Waals surface area contributed by atoms with Crippen LogP contribution in [-0.4, -0.2) is 24.6 Å². The number of carbonyl (C=O) groups excluding carboxylic acids is 1. The molecule has 1 heterocycles. The lowest BCUT2D eigenvalue weighted by molar-refractivity contribution is -0.116. The van der Waals surface area contributed by atoms with Crippen molar-refractivity contribution >= 4 is 22.5 Å². The van der Waals surface area contributed by atoms with E-state index in [1.165, 1.54) is 0 Å². The van der Waals surface area contributed by atoms with Gasteiger partial charge in [0.25, 0.3) is 5.56 Å². The fourth-order valence-electron chi connectivity index (χ4n) is 2.85. The average Bonchev–Trinajstić information content (AvgIpc) is 2.67. The van der Waals surface area contributed by atoms with Gasteiger partial charge in [0, 0.05) is 18.1 Å². The number of aromatic amines is 1. The fraction of sp³-hybridized carbons (Fsp3) is 0.238. The van der Waals surface area contributed by atoms with E-state index in [2.05, 4.69) is 10.3 Å². The first-order chi connectivity index (χ1) is 13.1. The Morgan fingerprint density at radius 3 is 2.74 bits per heavy atom. The number of methoxy groups -OCH3 is 1. The molecule has 0 atom stereocenters. The largest absolute Gasteiger partial charge is 0.497 e. The Kier molecular flexibility index (Phi) is 5.76. The molecule has 0 unspecified atom stereocenters.